The molecule has 20 heavy (non-hydrogen) atoms. The maximum Gasteiger partial charge on any atom is 0.265 e. The first-order valence-corrected chi connectivity index (χ1v) is 7.21. The molecule has 0 saturated carbocycles. The number of carbonyl (C=O) groups is 1. The molecule has 0 fully saturated rings. The van der Waals surface area contributed by atoms with Crippen LogP contribution < -0.4 is 15.8 Å². The molecule has 104 valence electrons. The molecule has 0 aliphatic rings. The van der Waals surface area contributed by atoms with Crippen LogP contribution in [0.3, 0.4) is 0 Å². The highest BCUT2D eigenvalue weighted by atomic mass is 35.5. The Morgan fingerprint density at radius 2 is 2.20 bits per heavy atom. The van der Waals surface area contributed by atoms with Crippen molar-refractivity contribution in [3.05, 3.63) is 45.1 Å². The number of hydrogen-bond donors (Lipinski definition) is 2. The summed E-state index contributed by atoms with van der Waals surface area (Å²) in [6.45, 7) is 0. The van der Waals surface area contributed by atoms with Gasteiger partial charge in [0, 0.05) is 17.0 Å². The zero-order valence-corrected chi connectivity index (χ0v) is 12.9. The van der Waals surface area contributed by atoms with Gasteiger partial charge >= 0.3 is 0 Å². The molecular formula is C13H11ClN2O2S2. The van der Waals surface area contributed by atoms with Crippen LogP contribution in [0.15, 0.2) is 29.6 Å². The van der Waals surface area contributed by atoms with Crippen molar-refractivity contribution in [1.29, 1.82) is 0 Å². The molecule has 0 aliphatic carbocycles. The van der Waals surface area contributed by atoms with Crippen LogP contribution in [-0.4, -0.2) is 18.0 Å². The predicted molar refractivity (Wildman–Crippen MR) is 86.2 cm³/mol. The molecule has 1 amide bonds. The van der Waals surface area contributed by atoms with Crippen LogP contribution in [0.25, 0.3) is 0 Å². The van der Waals surface area contributed by atoms with Crippen molar-refractivity contribution in [2.45, 2.75) is 0 Å². The summed E-state index contributed by atoms with van der Waals surface area (Å²) in [6.07, 6.45) is 0. The standard InChI is InChI=1S/C13H11ClN2O2S2/c1-18-8-5-11(20-6-8)13(17)16-10-3-2-7(12(15)19)4-9(10)14/h2-6H,1H3,(H2,15,19)(H,16,17). The number of ether oxygens (including phenoxy) is 1. The Balaban J connectivity index is 2.17. The van der Waals surface area contributed by atoms with Gasteiger partial charge in [0.2, 0.25) is 0 Å². The number of halogens is 1. The second kappa shape index (κ2) is 6.21. The number of carbonyl (C=O) groups excluding carboxylic acids is 1. The number of benzene rings is 1. The minimum atomic E-state index is -0.247. The van der Waals surface area contributed by atoms with Gasteiger partial charge in [0.05, 0.1) is 22.7 Å². The van der Waals surface area contributed by atoms with E-state index >= 15 is 0 Å². The van der Waals surface area contributed by atoms with E-state index in [2.05, 4.69) is 5.32 Å². The first kappa shape index (κ1) is 14.8. The highest BCUT2D eigenvalue weighted by molar-refractivity contribution is 7.80. The molecule has 0 atom stereocenters. The number of methoxy groups -OCH3 is 1. The Hall–Kier alpha value is -1.63. The van der Waals surface area contributed by atoms with Gasteiger partial charge in [-0.1, -0.05) is 23.8 Å². The van der Waals surface area contributed by atoms with E-state index in [0.717, 1.165) is 0 Å². The summed E-state index contributed by atoms with van der Waals surface area (Å²) >= 11 is 12.2. The van der Waals surface area contributed by atoms with Crippen LogP contribution in [0, 0.1) is 0 Å². The summed E-state index contributed by atoms with van der Waals surface area (Å²) in [6, 6.07) is 6.66. The Labute approximate surface area is 130 Å². The van der Waals surface area contributed by atoms with Crippen LogP contribution in [0.4, 0.5) is 5.69 Å². The summed E-state index contributed by atoms with van der Waals surface area (Å²) in [5.41, 5.74) is 6.67. The fraction of sp³-hybridized carbons (Fsp3) is 0.0769. The molecule has 0 aliphatic heterocycles. The third-order valence-electron chi connectivity index (χ3n) is 2.54. The van der Waals surface area contributed by atoms with Crippen LogP contribution >= 0.6 is 35.2 Å². The average molecular weight is 327 g/mol. The van der Waals surface area contributed by atoms with Crippen molar-refractivity contribution in [3.63, 3.8) is 0 Å². The monoisotopic (exact) mass is 326 g/mol. The number of thiophene rings is 1. The lowest BCUT2D eigenvalue weighted by Crippen LogP contribution is -2.12. The Morgan fingerprint density at radius 3 is 2.75 bits per heavy atom. The minimum absolute atomic E-state index is 0.247. The van der Waals surface area contributed by atoms with E-state index in [9.17, 15) is 4.79 Å². The molecule has 1 aromatic heterocycles. The summed E-state index contributed by atoms with van der Waals surface area (Å²) in [4.78, 5) is 12.8. The molecule has 3 N–H and O–H groups in total. The molecule has 4 nitrogen and oxygen atoms in total. The Morgan fingerprint density at radius 1 is 1.45 bits per heavy atom. The summed E-state index contributed by atoms with van der Waals surface area (Å²) in [7, 11) is 1.55. The van der Waals surface area contributed by atoms with Crippen molar-refractivity contribution in [2.75, 3.05) is 12.4 Å². The Kier molecular flexibility index (Phi) is 4.59. The molecule has 7 heteroatoms. The highest BCUT2D eigenvalue weighted by Crippen LogP contribution is 2.26. The average Bonchev–Trinajstić information content (AvgIpc) is 2.89. The SMILES string of the molecule is COc1csc(C(=O)Nc2ccc(C(N)=S)cc2Cl)c1. The first-order chi connectivity index (χ1) is 9.51. The largest absolute Gasteiger partial charge is 0.496 e. The number of anilines is 1. The predicted octanol–water partition coefficient (Wildman–Crippen LogP) is 3.30. The molecule has 1 heterocycles. The van der Waals surface area contributed by atoms with Crippen molar-refractivity contribution in [3.8, 4) is 5.75 Å². The van der Waals surface area contributed by atoms with Gasteiger partial charge in [-0.2, -0.15) is 0 Å². The maximum absolute atomic E-state index is 12.0. The molecule has 0 saturated heterocycles. The van der Waals surface area contributed by atoms with Gasteiger partial charge in [-0.15, -0.1) is 11.3 Å². The van der Waals surface area contributed by atoms with E-state index in [1.807, 2.05) is 0 Å². The van der Waals surface area contributed by atoms with Crippen molar-refractivity contribution >= 4 is 51.7 Å². The van der Waals surface area contributed by atoms with E-state index in [4.69, 9.17) is 34.3 Å². The third-order valence-corrected chi connectivity index (χ3v) is 3.99. The molecule has 2 aromatic rings. The fourth-order valence-electron chi connectivity index (χ4n) is 1.50. The summed E-state index contributed by atoms with van der Waals surface area (Å²) in [5.74, 6) is 0.401. The van der Waals surface area contributed by atoms with E-state index < -0.39 is 0 Å². The highest BCUT2D eigenvalue weighted by Gasteiger charge is 2.12. The lowest BCUT2D eigenvalue weighted by atomic mass is 10.2. The van der Waals surface area contributed by atoms with Crippen molar-refractivity contribution in [1.82, 2.24) is 0 Å². The number of amides is 1. The molecule has 0 spiro atoms. The van der Waals surface area contributed by atoms with Crippen LogP contribution in [0.2, 0.25) is 5.02 Å². The van der Waals surface area contributed by atoms with Gasteiger partial charge in [-0.05, 0) is 18.2 Å². The van der Waals surface area contributed by atoms with Gasteiger partial charge in [0.25, 0.3) is 5.91 Å². The van der Waals surface area contributed by atoms with Crippen LogP contribution in [-0.2, 0) is 0 Å². The van der Waals surface area contributed by atoms with Gasteiger partial charge in [-0.25, -0.2) is 0 Å². The summed E-state index contributed by atoms with van der Waals surface area (Å²) in [5, 5.41) is 4.87. The maximum atomic E-state index is 12.0. The quantitative estimate of drug-likeness (QED) is 0.846. The topological polar surface area (TPSA) is 64.3 Å². The molecular weight excluding hydrogens is 316 g/mol. The molecule has 0 unspecified atom stereocenters. The molecule has 0 bridgehead atoms. The van der Waals surface area contributed by atoms with E-state index in [-0.39, 0.29) is 10.9 Å². The summed E-state index contributed by atoms with van der Waals surface area (Å²) < 4.78 is 5.04. The van der Waals surface area contributed by atoms with Crippen LogP contribution in [0.5, 0.6) is 5.75 Å². The minimum Gasteiger partial charge on any atom is -0.496 e. The van der Waals surface area contributed by atoms with Crippen molar-refractivity contribution in [2.24, 2.45) is 5.73 Å². The van der Waals surface area contributed by atoms with Crippen LogP contribution in [0.1, 0.15) is 15.2 Å². The number of nitrogens with one attached hydrogen (secondary N) is 1. The van der Waals surface area contributed by atoms with Crippen molar-refractivity contribution < 1.29 is 9.53 Å². The number of rotatable bonds is 4. The molecule has 2 rings (SSSR count). The Bertz CT molecular complexity index is 670. The number of nitrogens with two attached hydrogens (primary N) is 1. The van der Waals surface area contributed by atoms with Gasteiger partial charge in [-0.3, -0.25) is 4.79 Å². The van der Waals surface area contributed by atoms with Gasteiger partial charge in [0.15, 0.2) is 0 Å². The normalized spacial score (nSPS) is 10.1. The third kappa shape index (κ3) is 3.27. The van der Waals surface area contributed by atoms with E-state index in [1.54, 1.807) is 36.8 Å². The molecule has 0 radical (unpaired) electrons. The zero-order valence-electron chi connectivity index (χ0n) is 10.5. The number of hydrogen-bond acceptors (Lipinski definition) is 4. The van der Waals surface area contributed by atoms with Gasteiger partial charge in [0.1, 0.15) is 10.7 Å². The van der Waals surface area contributed by atoms with E-state index in [0.29, 0.717) is 26.9 Å². The van der Waals surface area contributed by atoms with E-state index in [1.165, 1.54) is 11.3 Å². The lowest BCUT2D eigenvalue weighted by Gasteiger charge is -2.07. The molecule has 1 aromatic carbocycles. The zero-order chi connectivity index (χ0) is 14.7. The fourth-order valence-corrected chi connectivity index (χ4v) is 2.60. The second-order valence-corrected chi connectivity index (χ2v) is 5.62. The lowest BCUT2D eigenvalue weighted by molar-refractivity contribution is 0.103. The first-order valence-electron chi connectivity index (χ1n) is 5.54. The smallest absolute Gasteiger partial charge is 0.265 e. The number of thiocarbonyl (C=S) groups is 1. The second-order valence-electron chi connectivity index (χ2n) is 3.86. The van der Waals surface area contributed by atoms with Gasteiger partial charge < -0.3 is 15.8 Å².